The largest absolute Gasteiger partial charge is 0.326 e. The van der Waals surface area contributed by atoms with E-state index in [1.165, 1.54) is 12.1 Å². The van der Waals surface area contributed by atoms with Crippen molar-refractivity contribution in [1.82, 2.24) is 5.32 Å². The number of hydrogen-bond donors (Lipinski definition) is 2. The number of hydrogen-bond acceptors (Lipinski definition) is 2. The number of carbonyl (C=O) groups excluding carboxylic acids is 2. The van der Waals surface area contributed by atoms with E-state index < -0.39 is 11.9 Å². The quantitative estimate of drug-likeness (QED) is 0.801. The molecule has 0 radical (unpaired) electrons. The molecule has 4 nitrogen and oxygen atoms in total. The molecular formula is C15H11Cl3N2O2. The molecule has 0 saturated heterocycles. The predicted molar refractivity (Wildman–Crippen MR) is 89.1 cm³/mol. The van der Waals surface area contributed by atoms with Crippen LogP contribution >= 0.6 is 34.8 Å². The fourth-order valence-corrected chi connectivity index (χ4v) is 2.46. The average Bonchev–Trinajstić information content (AvgIpc) is 2.42. The second kappa shape index (κ2) is 7.01. The molecule has 0 aliphatic carbocycles. The highest BCUT2D eigenvalue weighted by molar-refractivity contribution is 6.40. The number of amides is 3. The Morgan fingerprint density at radius 2 is 1.59 bits per heavy atom. The molecule has 0 spiro atoms. The molecule has 0 unspecified atom stereocenters. The predicted octanol–water partition coefficient (Wildman–Crippen LogP) is 4.92. The maximum atomic E-state index is 12.0. The third-order valence-corrected chi connectivity index (χ3v) is 3.88. The van der Waals surface area contributed by atoms with E-state index in [0.717, 1.165) is 5.56 Å². The van der Waals surface area contributed by atoms with Gasteiger partial charge in [0.2, 0.25) is 0 Å². The van der Waals surface area contributed by atoms with Crippen LogP contribution in [0.4, 0.5) is 10.5 Å². The molecule has 114 valence electrons. The summed E-state index contributed by atoms with van der Waals surface area (Å²) >= 11 is 17.8. The zero-order chi connectivity index (χ0) is 16.3. The molecule has 22 heavy (non-hydrogen) atoms. The summed E-state index contributed by atoms with van der Waals surface area (Å²) in [5.74, 6) is -0.689. The summed E-state index contributed by atoms with van der Waals surface area (Å²) in [4.78, 5) is 23.9. The van der Waals surface area contributed by atoms with Crippen molar-refractivity contribution < 1.29 is 9.59 Å². The first-order chi connectivity index (χ1) is 10.4. The summed E-state index contributed by atoms with van der Waals surface area (Å²) in [7, 11) is 0. The van der Waals surface area contributed by atoms with Crippen LogP contribution in [0, 0.1) is 6.92 Å². The zero-order valence-corrected chi connectivity index (χ0v) is 13.7. The highest BCUT2D eigenvalue weighted by Crippen LogP contribution is 2.24. The van der Waals surface area contributed by atoms with E-state index in [1.54, 1.807) is 24.3 Å². The maximum Gasteiger partial charge on any atom is 0.326 e. The van der Waals surface area contributed by atoms with Crippen LogP contribution in [-0.4, -0.2) is 11.9 Å². The van der Waals surface area contributed by atoms with Crippen molar-refractivity contribution in [1.29, 1.82) is 0 Å². The molecule has 2 aromatic carbocycles. The summed E-state index contributed by atoms with van der Waals surface area (Å²) in [6, 6.07) is 8.94. The lowest BCUT2D eigenvalue weighted by Gasteiger charge is -2.09. The Morgan fingerprint density at radius 3 is 2.18 bits per heavy atom. The molecule has 3 amide bonds. The van der Waals surface area contributed by atoms with E-state index in [-0.39, 0.29) is 15.6 Å². The third kappa shape index (κ3) is 3.91. The minimum absolute atomic E-state index is 0.0444. The van der Waals surface area contributed by atoms with Gasteiger partial charge in [-0.15, -0.1) is 0 Å². The number of carbonyl (C=O) groups is 2. The molecule has 0 aliphatic heterocycles. The van der Waals surface area contributed by atoms with Crippen molar-refractivity contribution in [3.63, 3.8) is 0 Å². The number of aryl methyl sites for hydroxylation is 1. The lowest BCUT2D eigenvalue weighted by Crippen LogP contribution is -2.34. The van der Waals surface area contributed by atoms with E-state index in [4.69, 9.17) is 34.8 Å². The normalized spacial score (nSPS) is 10.2. The van der Waals surface area contributed by atoms with E-state index in [1.807, 2.05) is 6.92 Å². The molecule has 2 aromatic rings. The first kappa shape index (κ1) is 16.6. The summed E-state index contributed by atoms with van der Waals surface area (Å²) in [6.07, 6.45) is 0. The van der Waals surface area contributed by atoms with Crippen molar-refractivity contribution in [3.8, 4) is 0 Å². The Morgan fingerprint density at radius 1 is 0.955 bits per heavy atom. The lowest BCUT2D eigenvalue weighted by atomic mass is 10.2. The molecule has 0 heterocycles. The first-order valence-corrected chi connectivity index (χ1v) is 7.34. The number of rotatable bonds is 2. The molecule has 2 N–H and O–H groups in total. The third-order valence-electron chi connectivity index (χ3n) is 2.85. The minimum Gasteiger partial charge on any atom is -0.308 e. The molecule has 0 atom stereocenters. The molecule has 7 heteroatoms. The highest BCUT2D eigenvalue weighted by Gasteiger charge is 2.17. The molecule has 0 fully saturated rings. The Kier molecular flexibility index (Phi) is 5.29. The SMILES string of the molecule is Cc1ccc(NC(=O)NC(=O)c2c(Cl)cccc2Cl)cc1Cl. The number of imide groups is 1. The van der Waals surface area contributed by atoms with Gasteiger partial charge in [-0.3, -0.25) is 10.1 Å². The van der Waals surface area contributed by atoms with Crippen LogP contribution in [0.1, 0.15) is 15.9 Å². The summed E-state index contributed by atoms with van der Waals surface area (Å²) in [5.41, 5.74) is 1.39. The fraction of sp³-hybridized carbons (Fsp3) is 0.0667. The Balaban J connectivity index is 2.08. The average molecular weight is 358 g/mol. The van der Waals surface area contributed by atoms with Gasteiger partial charge in [0, 0.05) is 10.7 Å². The molecule has 0 bridgehead atoms. The van der Waals surface area contributed by atoms with Gasteiger partial charge in [0.05, 0.1) is 15.6 Å². The maximum absolute atomic E-state index is 12.0. The van der Waals surface area contributed by atoms with Crippen molar-refractivity contribution >= 4 is 52.4 Å². The van der Waals surface area contributed by atoms with Gasteiger partial charge in [-0.05, 0) is 36.8 Å². The fourth-order valence-electron chi connectivity index (χ4n) is 1.71. The Bertz CT molecular complexity index is 727. The van der Waals surface area contributed by atoms with Gasteiger partial charge in [0.1, 0.15) is 0 Å². The number of urea groups is 1. The van der Waals surface area contributed by atoms with Crippen LogP contribution in [-0.2, 0) is 0 Å². The molecule has 0 aliphatic rings. The topological polar surface area (TPSA) is 58.2 Å². The number of nitrogens with one attached hydrogen (secondary N) is 2. The molecular weight excluding hydrogens is 347 g/mol. The van der Waals surface area contributed by atoms with Crippen molar-refractivity contribution in [2.75, 3.05) is 5.32 Å². The second-order valence-electron chi connectivity index (χ2n) is 4.47. The smallest absolute Gasteiger partial charge is 0.308 e. The van der Waals surface area contributed by atoms with Crippen LogP contribution in [0.3, 0.4) is 0 Å². The van der Waals surface area contributed by atoms with Gasteiger partial charge in [0.25, 0.3) is 5.91 Å². The van der Waals surface area contributed by atoms with E-state index in [9.17, 15) is 9.59 Å². The molecule has 0 saturated carbocycles. The number of halogens is 3. The molecule has 2 rings (SSSR count). The lowest BCUT2D eigenvalue weighted by molar-refractivity contribution is 0.0967. The van der Waals surface area contributed by atoms with Crippen molar-refractivity contribution in [2.45, 2.75) is 6.92 Å². The standard InChI is InChI=1S/C15H11Cl3N2O2/c1-8-5-6-9(7-12(8)18)19-15(22)20-14(21)13-10(16)3-2-4-11(13)17/h2-7H,1H3,(H2,19,20,21,22). The summed E-state index contributed by atoms with van der Waals surface area (Å²) < 4.78 is 0. The van der Waals surface area contributed by atoms with E-state index in [2.05, 4.69) is 10.6 Å². The second-order valence-corrected chi connectivity index (χ2v) is 5.69. The summed E-state index contributed by atoms with van der Waals surface area (Å²) in [6.45, 7) is 1.84. The first-order valence-electron chi connectivity index (χ1n) is 6.21. The van der Waals surface area contributed by atoms with Gasteiger partial charge < -0.3 is 5.32 Å². The monoisotopic (exact) mass is 356 g/mol. The van der Waals surface area contributed by atoms with Crippen LogP contribution in [0.25, 0.3) is 0 Å². The van der Waals surface area contributed by atoms with E-state index in [0.29, 0.717) is 10.7 Å². The highest BCUT2D eigenvalue weighted by atomic mass is 35.5. The number of anilines is 1. The van der Waals surface area contributed by atoms with Crippen LogP contribution in [0.2, 0.25) is 15.1 Å². The van der Waals surface area contributed by atoms with Gasteiger partial charge in [-0.2, -0.15) is 0 Å². The van der Waals surface area contributed by atoms with Gasteiger partial charge in [-0.25, -0.2) is 4.79 Å². The van der Waals surface area contributed by atoms with Crippen molar-refractivity contribution in [3.05, 3.63) is 62.6 Å². The molecule has 0 aromatic heterocycles. The van der Waals surface area contributed by atoms with Crippen molar-refractivity contribution in [2.24, 2.45) is 0 Å². The zero-order valence-electron chi connectivity index (χ0n) is 11.4. The van der Waals surface area contributed by atoms with Gasteiger partial charge in [-0.1, -0.05) is 46.9 Å². The minimum atomic E-state index is -0.707. The Labute approximate surface area is 142 Å². The Hall–Kier alpha value is -1.75. The van der Waals surface area contributed by atoms with E-state index >= 15 is 0 Å². The van der Waals surface area contributed by atoms with Gasteiger partial charge in [0.15, 0.2) is 0 Å². The summed E-state index contributed by atoms with van der Waals surface area (Å²) in [5, 5.41) is 5.51. The van der Waals surface area contributed by atoms with Crippen LogP contribution < -0.4 is 10.6 Å². The van der Waals surface area contributed by atoms with Gasteiger partial charge >= 0.3 is 6.03 Å². The van der Waals surface area contributed by atoms with Crippen LogP contribution in [0.15, 0.2) is 36.4 Å². The van der Waals surface area contributed by atoms with Crippen LogP contribution in [0.5, 0.6) is 0 Å². The number of benzene rings is 2.